The van der Waals surface area contributed by atoms with Crippen molar-refractivity contribution in [3.63, 3.8) is 0 Å². The maximum atomic E-state index is 14.4. The number of hydrazine groups is 1. The highest BCUT2D eigenvalue weighted by atomic mass is 19.1. The van der Waals surface area contributed by atoms with Crippen LogP contribution >= 0.6 is 0 Å². The average molecular weight is 534 g/mol. The zero-order chi connectivity index (χ0) is 27.6. The van der Waals surface area contributed by atoms with Gasteiger partial charge in [-0.1, -0.05) is 18.2 Å². The maximum absolute atomic E-state index is 14.4. The molecule has 4 rings (SSSR count). The number of aliphatic carboxylic acids is 1. The summed E-state index contributed by atoms with van der Waals surface area (Å²) in [5, 5.41) is 14.6. The number of carbonyl (C=O) groups is 4. The van der Waals surface area contributed by atoms with E-state index >= 15 is 0 Å². The molecule has 13 heteroatoms. The summed E-state index contributed by atoms with van der Waals surface area (Å²) < 4.78 is 41.0. The van der Waals surface area contributed by atoms with Crippen LogP contribution in [-0.2, 0) is 27.5 Å². The fourth-order valence-electron chi connectivity index (χ4n) is 4.70. The molecule has 2 N–H and O–H groups in total. The first-order chi connectivity index (χ1) is 18.0. The molecule has 202 valence electrons. The van der Waals surface area contributed by atoms with Crippen LogP contribution in [0, 0.1) is 17.5 Å². The lowest BCUT2D eigenvalue weighted by Crippen LogP contribution is -2.75. The molecule has 38 heavy (non-hydrogen) atoms. The summed E-state index contributed by atoms with van der Waals surface area (Å²) >= 11 is 0. The predicted molar refractivity (Wildman–Crippen MR) is 126 cm³/mol. The van der Waals surface area contributed by atoms with Gasteiger partial charge in [0, 0.05) is 38.2 Å². The van der Waals surface area contributed by atoms with Crippen LogP contribution in [0.3, 0.4) is 0 Å². The second-order valence-corrected chi connectivity index (χ2v) is 9.13. The van der Waals surface area contributed by atoms with Crippen LogP contribution in [0.25, 0.3) is 0 Å². The zero-order valence-electron chi connectivity index (χ0n) is 20.4. The minimum Gasteiger partial charge on any atom is -0.481 e. The van der Waals surface area contributed by atoms with Gasteiger partial charge in [0.15, 0.2) is 0 Å². The molecule has 0 aromatic heterocycles. The SMILES string of the molecule is CN1CC(=O)N2[C@@H](CCC(=O)O)C(=O)N(Cc3ccc(F)cc3F)C[C@@H]2N1C(=O)NCc1ccc(F)cc1. The van der Waals surface area contributed by atoms with Gasteiger partial charge in [0.25, 0.3) is 0 Å². The number of benzene rings is 2. The van der Waals surface area contributed by atoms with Gasteiger partial charge in [-0.2, -0.15) is 0 Å². The van der Waals surface area contributed by atoms with Crippen molar-refractivity contribution in [3.05, 3.63) is 71.0 Å². The summed E-state index contributed by atoms with van der Waals surface area (Å²) in [6.45, 7) is -0.666. The highest BCUT2D eigenvalue weighted by Crippen LogP contribution is 2.29. The van der Waals surface area contributed by atoms with Gasteiger partial charge in [-0.15, -0.1) is 0 Å². The minimum atomic E-state index is -1.21. The number of likely N-dealkylation sites (N-methyl/N-ethyl adjacent to an activating group) is 1. The largest absolute Gasteiger partial charge is 0.481 e. The normalized spacial score (nSPS) is 19.9. The number of piperazine rings is 1. The smallest absolute Gasteiger partial charge is 0.334 e. The number of amides is 4. The number of hydrogen-bond acceptors (Lipinski definition) is 5. The zero-order valence-corrected chi connectivity index (χ0v) is 20.4. The number of nitrogens with zero attached hydrogens (tertiary/aromatic N) is 4. The molecule has 2 heterocycles. The highest BCUT2D eigenvalue weighted by molar-refractivity contribution is 5.91. The number of carbonyl (C=O) groups excluding carboxylic acids is 3. The van der Waals surface area contributed by atoms with E-state index in [1.54, 1.807) is 0 Å². The number of carboxylic acids is 1. The van der Waals surface area contributed by atoms with E-state index in [2.05, 4.69) is 5.32 Å². The Morgan fingerprint density at radius 2 is 1.74 bits per heavy atom. The van der Waals surface area contributed by atoms with E-state index < -0.39 is 59.9 Å². The molecule has 2 fully saturated rings. The van der Waals surface area contributed by atoms with Crippen molar-refractivity contribution in [2.24, 2.45) is 0 Å². The van der Waals surface area contributed by atoms with Gasteiger partial charge < -0.3 is 20.2 Å². The van der Waals surface area contributed by atoms with Gasteiger partial charge in [-0.05, 0) is 30.2 Å². The van der Waals surface area contributed by atoms with Crippen LogP contribution in [0.4, 0.5) is 18.0 Å². The standard InChI is InChI=1S/C25H26F3N5O5/c1-30-14-22(34)32-20(8-9-23(35)36)24(37)31(12-16-4-7-18(27)10-19(16)28)13-21(32)33(30)25(38)29-11-15-2-5-17(26)6-3-15/h2-7,10,20-21H,8-9,11-14H2,1H3,(H,29,38)(H,35,36)/t20-,21-/m0/s1. The van der Waals surface area contributed by atoms with E-state index in [-0.39, 0.29) is 38.2 Å². The lowest BCUT2D eigenvalue weighted by atomic mass is 10.0. The van der Waals surface area contributed by atoms with E-state index in [9.17, 15) is 37.5 Å². The quantitative estimate of drug-likeness (QED) is 0.562. The number of halogens is 3. The lowest BCUT2D eigenvalue weighted by Gasteiger charge is -2.54. The van der Waals surface area contributed by atoms with Gasteiger partial charge in [0.2, 0.25) is 11.8 Å². The van der Waals surface area contributed by atoms with Crippen LogP contribution in [0.15, 0.2) is 42.5 Å². The molecular weight excluding hydrogens is 507 g/mol. The van der Waals surface area contributed by atoms with Crippen LogP contribution in [0.2, 0.25) is 0 Å². The first-order valence-electron chi connectivity index (χ1n) is 11.8. The van der Waals surface area contributed by atoms with Gasteiger partial charge in [-0.3, -0.25) is 14.4 Å². The van der Waals surface area contributed by atoms with Crippen LogP contribution in [0.5, 0.6) is 0 Å². The van der Waals surface area contributed by atoms with Crippen LogP contribution < -0.4 is 5.32 Å². The molecule has 2 aliphatic rings. The molecule has 2 aromatic rings. The van der Waals surface area contributed by atoms with Crippen molar-refractivity contribution in [2.45, 2.75) is 38.1 Å². The second kappa shape index (κ2) is 11.1. The van der Waals surface area contributed by atoms with Crippen molar-refractivity contribution in [1.82, 2.24) is 25.1 Å². The number of fused-ring (bicyclic) bond motifs is 1. The molecular formula is C25H26F3N5O5. The summed E-state index contributed by atoms with van der Waals surface area (Å²) in [4.78, 5) is 53.5. The average Bonchev–Trinajstić information content (AvgIpc) is 2.85. The van der Waals surface area contributed by atoms with Crippen LogP contribution in [0.1, 0.15) is 24.0 Å². The molecule has 0 aliphatic carbocycles. The van der Waals surface area contributed by atoms with Gasteiger partial charge in [0.05, 0.1) is 13.1 Å². The molecule has 10 nitrogen and oxygen atoms in total. The molecule has 2 aromatic carbocycles. The molecule has 2 saturated heterocycles. The summed E-state index contributed by atoms with van der Waals surface area (Å²) in [6.07, 6.45) is -1.65. The summed E-state index contributed by atoms with van der Waals surface area (Å²) in [5.41, 5.74) is 0.645. The first kappa shape index (κ1) is 26.9. The predicted octanol–water partition coefficient (Wildman–Crippen LogP) is 1.91. The van der Waals surface area contributed by atoms with Crippen molar-refractivity contribution < 1.29 is 37.5 Å². The molecule has 0 radical (unpaired) electrons. The van der Waals surface area contributed by atoms with E-state index in [4.69, 9.17) is 0 Å². The molecule has 0 saturated carbocycles. The molecule has 0 bridgehead atoms. The Morgan fingerprint density at radius 1 is 1.05 bits per heavy atom. The Kier molecular flexibility index (Phi) is 7.86. The van der Waals surface area contributed by atoms with Gasteiger partial charge >= 0.3 is 12.0 Å². The Balaban J connectivity index is 1.62. The lowest BCUT2D eigenvalue weighted by molar-refractivity contribution is -0.188. The number of rotatable bonds is 7. The van der Waals surface area contributed by atoms with Crippen molar-refractivity contribution >= 4 is 23.8 Å². The molecule has 0 unspecified atom stereocenters. The second-order valence-electron chi connectivity index (χ2n) is 9.13. The third kappa shape index (κ3) is 5.72. The number of carboxylic acid groups (broad SMARTS) is 1. The van der Waals surface area contributed by atoms with E-state index in [1.165, 1.54) is 57.2 Å². The van der Waals surface area contributed by atoms with Gasteiger partial charge in [-0.25, -0.2) is 28.0 Å². The van der Waals surface area contributed by atoms with Crippen molar-refractivity contribution in [3.8, 4) is 0 Å². The van der Waals surface area contributed by atoms with Crippen molar-refractivity contribution in [1.29, 1.82) is 0 Å². The maximum Gasteiger partial charge on any atom is 0.334 e. The number of hydrogen-bond donors (Lipinski definition) is 2. The third-order valence-electron chi connectivity index (χ3n) is 6.51. The fraction of sp³-hybridized carbons (Fsp3) is 0.360. The topological polar surface area (TPSA) is 114 Å². The number of nitrogens with one attached hydrogen (secondary N) is 1. The molecule has 0 spiro atoms. The van der Waals surface area contributed by atoms with Crippen molar-refractivity contribution in [2.75, 3.05) is 20.1 Å². The summed E-state index contributed by atoms with van der Waals surface area (Å²) in [6, 6.07) is 6.63. The molecule has 4 amide bonds. The monoisotopic (exact) mass is 533 g/mol. The Bertz CT molecular complexity index is 1240. The van der Waals surface area contributed by atoms with Gasteiger partial charge in [0.1, 0.15) is 29.7 Å². The van der Waals surface area contributed by atoms with E-state index in [0.29, 0.717) is 11.6 Å². The summed E-state index contributed by atoms with van der Waals surface area (Å²) in [7, 11) is 1.51. The third-order valence-corrected chi connectivity index (χ3v) is 6.51. The fourth-order valence-corrected chi connectivity index (χ4v) is 4.70. The summed E-state index contributed by atoms with van der Waals surface area (Å²) in [5.74, 6) is -4.33. The minimum absolute atomic E-state index is 0.0213. The highest BCUT2D eigenvalue weighted by Gasteiger charge is 2.50. The molecule has 2 atom stereocenters. The first-order valence-corrected chi connectivity index (χ1v) is 11.8. The molecule has 2 aliphatic heterocycles. The Labute approximate surface area is 216 Å². The Morgan fingerprint density at radius 3 is 2.39 bits per heavy atom. The van der Waals surface area contributed by atoms with Crippen LogP contribution in [-0.4, -0.2) is 81.1 Å². The van der Waals surface area contributed by atoms with E-state index in [0.717, 1.165) is 6.07 Å². The Hall–Kier alpha value is -4.13. The van der Waals surface area contributed by atoms with E-state index in [1.807, 2.05) is 0 Å². The number of urea groups is 1.